The SMILES string of the molecule is CC1(C(N)Cc2ccnc3ccccc23)CCCS1. The standard InChI is InChI=1S/C16H20N2S/c1-16(8-4-10-19-16)15(17)11-12-7-9-18-14-6-3-2-5-13(12)14/h2-3,5-7,9,15H,4,8,10-11,17H2,1H3. The zero-order chi connectivity index (χ0) is 13.3. The van der Waals surface area contributed by atoms with Crippen LogP contribution in [0.1, 0.15) is 25.3 Å². The van der Waals surface area contributed by atoms with E-state index in [0.717, 1.165) is 11.9 Å². The van der Waals surface area contributed by atoms with E-state index in [1.54, 1.807) is 0 Å². The van der Waals surface area contributed by atoms with Crippen molar-refractivity contribution in [2.45, 2.75) is 37.0 Å². The number of fused-ring (bicyclic) bond motifs is 1. The summed E-state index contributed by atoms with van der Waals surface area (Å²) in [5.41, 5.74) is 8.89. The first kappa shape index (κ1) is 12.9. The molecule has 1 aliphatic rings. The summed E-state index contributed by atoms with van der Waals surface area (Å²) in [6.45, 7) is 2.32. The van der Waals surface area contributed by atoms with Gasteiger partial charge in [0.1, 0.15) is 0 Å². The van der Waals surface area contributed by atoms with Crippen LogP contribution in [0.5, 0.6) is 0 Å². The third kappa shape index (κ3) is 2.49. The predicted octanol–water partition coefficient (Wildman–Crippen LogP) is 3.39. The quantitative estimate of drug-likeness (QED) is 0.931. The van der Waals surface area contributed by atoms with E-state index in [0.29, 0.717) is 0 Å². The van der Waals surface area contributed by atoms with Crippen LogP contribution in [-0.2, 0) is 6.42 Å². The van der Waals surface area contributed by atoms with Crippen molar-refractivity contribution in [3.63, 3.8) is 0 Å². The van der Waals surface area contributed by atoms with Gasteiger partial charge in [0.15, 0.2) is 0 Å². The second-order valence-electron chi connectivity index (χ2n) is 5.56. The maximum atomic E-state index is 6.50. The molecule has 2 heterocycles. The summed E-state index contributed by atoms with van der Waals surface area (Å²) < 4.78 is 0.240. The van der Waals surface area contributed by atoms with E-state index in [-0.39, 0.29) is 10.8 Å². The number of nitrogens with zero attached hydrogens (tertiary/aromatic N) is 1. The summed E-state index contributed by atoms with van der Waals surface area (Å²) in [5, 5.41) is 1.24. The highest BCUT2D eigenvalue weighted by Gasteiger charge is 2.35. The van der Waals surface area contributed by atoms with Crippen LogP contribution in [0, 0.1) is 0 Å². The molecule has 0 aliphatic carbocycles. The van der Waals surface area contributed by atoms with Gasteiger partial charge >= 0.3 is 0 Å². The van der Waals surface area contributed by atoms with Gasteiger partial charge in [-0.3, -0.25) is 4.98 Å². The molecular weight excluding hydrogens is 252 g/mol. The monoisotopic (exact) mass is 272 g/mol. The average Bonchev–Trinajstić information content (AvgIpc) is 2.87. The van der Waals surface area contributed by atoms with Crippen molar-refractivity contribution in [3.8, 4) is 0 Å². The van der Waals surface area contributed by atoms with Crippen molar-refractivity contribution in [1.29, 1.82) is 0 Å². The van der Waals surface area contributed by atoms with Crippen molar-refractivity contribution in [1.82, 2.24) is 4.98 Å². The second-order valence-corrected chi connectivity index (χ2v) is 7.19. The van der Waals surface area contributed by atoms with Crippen LogP contribution in [-0.4, -0.2) is 21.5 Å². The Hall–Kier alpha value is -1.06. The molecule has 2 nitrogen and oxygen atoms in total. The molecule has 3 rings (SSSR count). The van der Waals surface area contributed by atoms with E-state index in [1.165, 1.54) is 29.5 Å². The minimum Gasteiger partial charge on any atom is -0.326 e. The van der Waals surface area contributed by atoms with Gasteiger partial charge in [-0.25, -0.2) is 0 Å². The molecular formula is C16H20N2S. The van der Waals surface area contributed by atoms with E-state index < -0.39 is 0 Å². The molecule has 1 fully saturated rings. The number of benzene rings is 1. The van der Waals surface area contributed by atoms with Crippen molar-refractivity contribution in [2.75, 3.05) is 5.75 Å². The summed E-state index contributed by atoms with van der Waals surface area (Å²) in [7, 11) is 0. The Morgan fingerprint density at radius 3 is 3.00 bits per heavy atom. The van der Waals surface area contributed by atoms with Gasteiger partial charge in [0.2, 0.25) is 0 Å². The summed E-state index contributed by atoms with van der Waals surface area (Å²) in [6, 6.07) is 10.7. The molecule has 3 heteroatoms. The lowest BCUT2D eigenvalue weighted by molar-refractivity contribution is 0.483. The first-order valence-electron chi connectivity index (χ1n) is 6.91. The van der Waals surface area contributed by atoms with Crippen molar-refractivity contribution in [2.24, 2.45) is 5.73 Å². The Morgan fingerprint density at radius 2 is 2.21 bits per heavy atom. The molecule has 2 atom stereocenters. The van der Waals surface area contributed by atoms with Crippen molar-refractivity contribution < 1.29 is 0 Å². The molecule has 0 amide bonds. The number of rotatable bonds is 3. The van der Waals surface area contributed by atoms with Crippen LogP contribution in [0.4, 0.5) is 0 Å². The zero-order valence-corrected chi connectivity index (χ0v) is 12.1. The van der Waals surface area contributed by atoms with E-state index >= 15 is 0 Å². The van der Waals surface area contributed by atoms with E-state index in [2.05, 4.69) is 36.2 Å². The minimum atomic E-state index is 0.214. The third-order valence-electron chi connectivity index (χ3n) is 4.21. The smallest absolute Gasteiger partial charge is 0.0704 e. The zero-order valence-electron chi connectivity index (χ0n) is 11.3. The van der Waals surface area contributed by atoms with Gasteiger partial charge in [-0.15, -0.1) is 0 Å². The number of hydrogen-bond donors (Lipinski definition) is 1. The summed E-state index contributed by atoms with van der Waals surface area (Å²) in [6.07, 6.45) is 5.37. The first-order valence-corrected chi connectivity index (χ1v) is 7.90. The summed E-state index contributed by atoms with van der Waals surface area (Å²) >= 11 is 2.04. The maximum Gasteiger partial charge on any atom is 0.0704 e. The molecule has 0 bridgehead atoms. The van der Waals surface area contributed by atoms with Gasteiger partial charge in [0.25, 0.3) is 0 Å². The lowest BCUT2D eigenvalue weighted by Crippen LogP contribution is -2.42. The molecule has 0 saturated carbocycles. The Kier molecular flexibility index (Phi) is 3.50. The molecule has 100 valence electrons. The van der Waals surface area contributed by atoms with Gasteiger partial charge in [-0.2, -0.15) is 11.8 Å². The number of aromatic nitrogens is 1. The summed E-state index contributed by atoms with van der Waals surface area (Å²) in [4.78, 5) is 4.42. The topological polar surface area (TPSA) is 38.9 Å². The minimum absolute atomic E-state index is 0.214. The molecule has 1 saturated heterocycles. The van der Waals surface area contributed by atoms with Gasteiger partial charge in [-0.05, 0) is 49.6 Å². The Bertz CT molecular complexity index is 570. The van der Waals surface area contributed by atoms with Crippen molar-refractivity contribution >= 4 is 22.7 Å². The first-order chi connectivity index (χ1) is 9.19. The molecule has 2 unspecified atom stereocenters. The third-order valence-corrected chi connectivity index (χ3v) is 5.87. The van der Waals surface area contributed by atoms with E-state index in [1.807, 2.05) is 24.0 Å². The Labute approximate surface area is 118 Å². The number of para-hydroxylation sites is 1. The highest BCUT2D eigenvalue weighted by atomic mass is 32.2. The van der Waals surface area contributed by atoms with Crippen LogP contribution in [0.25, 0.3) is 10.9 Å². The summed E-state index contributed by atoms with van der Waals surface area (Å²) in [5.74, 6) is 1.25. The van der Waals surface area contributed by atoms with Gasteiger partial charge in [0.05, 0.1) is 5.52 Å². The second kappa shape index (κ2) is 5.14. The average molecular weight is 272 g/mol. The molecule has 1 aromatic heterocycles. The number of thioether (sulfide) groups is 1. The normalized spacial score (nSPS) is 24.7. The van der Waals surface area contributed by atoms with E-state index in [4.69, 9.17) is 5.73 Å². The fourth-order valence-corrected chi connectivity index (χ4v) is 4.22. The number of hydrogen-bond acceptors (Lipinski definition) is 3. The predicted molar refractivity (Wildman–Crippen MR) is 83.5 cm³/mol. The highest BCUT2D eigenvalue weighted by molar-refractivity contribution is 8.00. The number of nitrogens with two attached hydrogens (primary N) is 1. The van der Waals surface area contributed by atoms with Gasteiger partial charge in [-0.1, -0.05) is 18.2 Å². The lowest BCUT2D eigenvalue weighted by Gasteiger charge is -2.30. The highest BCUT2D eigenvalue weighted by Crippen LogP contribution is 2.40. The molecule has 0 radical (unpaired) electrons. The van der Waals surface area contributed by atoms with Crippen molar-refractivity contribution in [3.05, 3.63) is 42.1 Å². The molecule has 2 N–H and O–H groups in total. The molecule has 2 aromatic rings. The Morgan fingerprint density at radius 1 is 1.37 bits per heavy atom. The molecule has 1 aromatic carbocycles. The maximum absolute atomic E-state index is 6.50. The largest absolute Gasteiger partial charge is 0.326 e. The van der Waals surface area contributed by atoms with Crippen LogP contribution in [0.2, 0.25) is 0 Å². The Balaban J connectivity index is 1.89. The molecule has 19 heavy (non-hydrogen) atoms. The lowest BCUT2D eigenvalue weighted by atomic mass is 9.90. The van der Waals surface area contributed by atoms with Gasteiger partial charge < -0.3 is 5.73 Å². The van der Waals surface area contributed by atoms with Crippen LogP contribution in [0.3, 0.4) is 0 Å². The van der Waals surface area contributed by atoms with Crippen LogP contribution in [0.15, 0.2) is 36.5 Å². The fraction of sp³-hybridized carbons (Fsp3) is 0.438. The molecule has 0 spiro atoms. The van der Waals surface area contributed by atoms with Crippen LogP contribution >= 0.6 is 11.8 Å². The van der Waals surface area contributed by atoms with E-state index in [9.17, 15) is 0 Å². The molecule has 1 aliphatic heterocycles. The van der Waals surface area contributed by atoms with Crippen LogP contribution < -0.4 is 5.73 Å². The number of pyridine rings is 1. The van der Waals surface area contributed by atoms with Gasteiger partial charge in [0, 0.05) is 22.4 Å². The fourth-order valence-electron chi connectivity index (χ4n) is 2.88.